The van der Waals surface area contributed by atoms with Gasteiger partial charge < -0.3 is 10.2 Å². The van der Waals surface area contributed by atoms with Crippen LogP contribution in [-0.2, 0) is 16.8 Å². The fraction of sp³-hybridized carbons (Fsp3) is 0.480. The summed E-state index contributed by atoms with van der Waals surface area (Å²) < 4.78 is 26.2. The molecule has 0 atom stereocenters. The Balaban J connectivity index is 1.52. The molecular weight excluding hydrogens is 426 g/mol. The lowest BCUT2D eigenvalue weighted by atomic mass is 9.87. The van der Waals surface area contributed by atoms with Gasteiger partial charge >= 0.3 is 6.03 Å². The van der Waals surface area contributed by atoms with Crippen LogP contribution in [0.2, 0.25) is 0 Å². The number of carbonyl (C=O) groups excluding carboxylic acids is 2. The summed E-state index contributed by atoms with van der Waals surface area (Å²) in [5, 5.41) is 3.02. The lowest BCUT2D eigenvalue weighted by Crippen LogP contribution is -2.44. The molecule has 8 heteroatoms. The van der Waals surface area contributed by atoms with E-state index in [4.69, 9.17) is 0 Å². The van der Waals surface area contributed by atoms with Gasteiger partial charge in [-0.15, -0.1) is 0 Å². The van der Waals surface area contributed by atoms with E-state index in [0.29, 0.717) is 11.5 Å². The molecule has 4 rings (SSSR count). The van der Waals surface area contributed by atoms with Crippen LogP contribution in [0.15, 0.2) is 42.6 Å². The summed E-state index contributed by atoms with van der Waals surface area (Å²) in [6, 6.07) is 10.3. The first-order valence-electron chi connectivity index (χ1n) is 11.1. The third-order valence-electron chi connectivity index (χ3n) is 6.42. The number of amides is 3. The zero-order valence-electron chi connectivity index (χ0n) is 19.7. The van der Waals surface area contributed by atoms with Crippen molar-refractivity contribution >= 4 is 23.4 Å². The summed E-state index contributed by atoms with van der Waals surface area (Å²) in [5.41, 5.74) is 1.34. The van der Waals surface area contributed by atoms with Crippen LogP contribution in [0.1, 0.15) is 58.6 Å². The largest absolute Gasteiger partial charge is 0.367 e. The number of imide groups is 1. The van der Waals surface area contributed by atoms with Crippen LogP contribution >= 0.6 is 0 Å². The molecule has 33 heavy (non-hydrogen) atoms. The van der Waals surface area contributed by atoms with Gasteiger partial charge in [0, 0.05) is 31.6 Å². The van der Waals surface area contributed by atoms with Gasteiger partial charge in [-0.3, -0.25) is 4.79 Å². The average Bonchev–Trinajstić information content (AvgIpc) is 2.86. The number of carbonyl (C=O) groups is 2. The predicted octanol–water partition coefficient (Wildman–Crippen LogP) is 5.34. The van der Waals surface area contributed by atoms with Crippen molar-refractivity contribution < 1.29 is 18.4 Å². The Morgan fingerprint density at radius 3 is 2.30 bits per heavy atom. The minimum absolute atomic E-state index is 0.0364. The first-order chi connectivity index (χ1) is 15.3. The summed E-state index contributed by atoms with van der Waals surface area (Å²) in [5.74, 6) is -2.42. The Morgan fingerprint density at radius 2 is 1.73 bits per heavy atom. The van der Waals surface area contributed by atoms with Crippen molar-refractivity contribution in [3.63, 3.8) is 0 Å². The van der Waals surface area contributed by atoms with Crippen LogP contribution in [0, 0.1) is 0 Å². The zero-order valence-corrected chi connectivity index (χ0v) is 19.7. The number of aromatic nitrogens is 1. The van der Waals surface area contributed by atoms with Crippen LogP contribution < -0.4 is 10.2 Å². The van der Waals surface area contributed by atoms with Crippen molar-refractivity contribution in [1.29, 1.82) is 0 Å². The summed E-state index contributed by atoms with van der Waals surface area (Å²) in [6.07, 6.45) is 1.15. The van der Waals surface area contributed by atoms with Gasteiger partial charge in [-0.05, 0) is 54.7 Å². The van der Waals surface area contributed by atoms with Crippen molar-refractivity contribution in [3.8, 4) is 0 Å². The highest BCUT2D eigenvalue weighted by molar-refractivity contribution is 6.22. The van der Waals surface area contributed by atoms with Gasteiger partial charge in [0.15, 0.2) is 0 Å². The monoisotopic (exact) mass is 456 g/mol. The maximum absolute atomic E-state index is 13.3. The summed E-state index contributed by atoms with van der Waals surface area (Å²) in [7, 11) is 0. The summed E-state index contributed by atoms with van der Waals surface area (Å²) >= 11 is 0. The Labute approximate surface area is 193 Å². The highest BCUT2D eigenvalue weighted by Gasteiger charge is 2.51. The van der Waals surface area contributed by atoms with Gasteiger partial charge in [0.05, 0.1) is 5.69 Å². The smallest absolute Gasteiger partial charge is 0.332 e. The van der Waals surface area contributed by atoms with Crippen LogP contribution in [-0.4, -0.2) is 39.3 Å². The number of benzene rings is 1. The van der Waals surface area contributed by atoms with Crippen LogP contribution in [0.4, 0.5) is 25.1 Å². The highest BCUT2D eigenvalue weighted by Crippen LogP contribution is 2.39. The molecule has 6 nitrogen and oxygen atoms in total. The number of nitrogens with zero attached hydrogens (tertiary/aromatic N) is 3. The quantitative estimate of drug-likeness (QED) is 0.617. The molecule has 1 aromatic carbocycles. The summed E-state index contributed by atoms with van der Waals surface area (Å²) in [4.78, 5) is 33.5. The number of alkyl halides is 2. The van der Waals surface area contributed by atoms with Gasteiger partial charge in [0.2, 0.25) is 0 Å². The van der Waals surface area contributed by atoms with Crippen molar-refractivity contribution in [2.75, 3.05) is 10.2 Å². The summed E-state index contributed by atoms with van der Waals surface area (Å²) in [6.45, 7) is 9.97. The Bertz CT molecular complexity index is 1070. The van der Waals surface area contributed by atoms with Crippen molar-refractivity contribution in [2.24, 2.45) is 0 Å². The zero-order chi connectivity index (χ0) is 24.2. The van der Waals surface area contributed by atoms with E-state index in [0.717, 1.165) is 11.1 Å². The Morgan fingerprint density at radius 1 is 1.09 bits per heavy atom. The van der Waals surface area contributed by atoms with E-state index in [1.165, 1.54) is 9.80 Å². The second kappa shape index (κ2) is 7.78. The number of halogens is 2. The van der Waals surface area contributed by atoms with Crippen LogP contribution in [0.5, 0.6) is 0 Å². The van der Waals surface area contributed by atoms with E-state index in [1.807, 2.05) is 12.1 Å². The SMILES string of the molecule is CC(C)(C)c1ccc(N2C(=O)N(Cc3ccnc(NC4CC(F)(F)C4)c3)C(C)(C)C2=O)cc1. The van der Waals surface area contributed by atoms with Crippen LogP contribution in [0.3, 0.4) is 0 Å². The van der Waals surface area contributed by atoms with E-state index in [1.54, 1.807) is 44.3 Å². The average molecular weight is 457 g/mol. The van der Waals surface area contributed by atoms with E-state index < -0.39 is 17.5 Å². The second-order valence-electron chi connectivity index (χ2n) is 10.5. The van der Waals surface area contributed by atoms with Crippen LogP contribution in [0.25, 0.3) is 0 Å². The molecule has 0 radical (unpaired) electrons. The molecule has 3 amide bonds. The maximum Gasteiger partial charge on any atom is 0.332 e. The number of hydrogen-bond acceptors (Lipinski definition) is 4. The highest BCUT2D eigenvalue weighted by atomic mass is 19.3. The molecule has 1 saturated heterocycles. The molecule has 2 aromatic rings. The number of anilines is 2. The molecular formula is C25H30F2N4O2. The fourth-order valence-electron chi connectivity index (χ4n) is 4.25. The van der Waals surface area contributed by atoms with Crippen molar-refractivity contribution in [1.82, 2.24) is 9.88 Å². The number of hydrogen-bond donors (Lipinski definition) is 1. The Hall–Kier alpha value is -3.03. The molecule has 0 spiro atoms. The molecule has 0 bridgehead atoms. The molecule has 2 aliphatic rings. The van der Waals surface area contributed by atoms with E-state index >= 15 is 0 Å². The molecule has 1 aliphatic heterocycles. The first-order valence-corrected chi connectivity index (χ1v) is 11.1. The lowest BCUT2D eigenvalue weighted by molar-refractivity contribution is -0.123. The van der Waals surface area contributed by atoms with E-state index in [-0.39, 0.29) is 36.8 Å². The predicted molar refractivity (Wildman–Crippen MR) is 123 cm³/mol. The number of rotatable bonds is 5. The number of pyridine rings is 1. The lowest BCUT2D eigenvalue weighted by Gasteiger charge is -2.35. The van der Waals surface area contributed by atoms with Gasteiger partial charge in [-0.2, -0.15) is 0 Å². The maximum atomic E-state index is 13.3. The first kappa shape index (κ1) is 23.1. The minimum Gasteiger partial charge on any atom is -0.367 e. The number of urea groups is 1. The molecule has 0 unspecified atom stereocenters. The standard InChI is InChI=1S/C25H30F2N4O2/c1-23(2,3)17-6-8-19(9-7-17)31-21(32)24(4,5)30(22(31)33)15-16-10-11-28-20(12-16)29-18-13-25(26,27)14-18/h6-12,18H,13-15H2,1-5H3,(H,28,29). The van der Waals surface area contributed by atoms with Crippen molar-refractivity contribution in [3.05, 3.63) is 53.7 Å². The molecule has 1 aromatic heterocycles. The third kappa shape index (κ3) is 4.43. The van der Waals surface area contributed by atoms with Gasteiger partial charge in [0.25, 0.3) is 11.8 Å². The number of nitrogens with one attached hydrogen (secondary N) is 1. The fourth-order valence-corrected chi connectivity index (χ4v) is 4.25. The van der Waals surface area contributed by atoms with E-state index in [9.17, 15) is 18.4 Å². The second-order valence-corrected chi connectivity index (χ2v) is 10.5. The van der Waals surface area contributed by atoms with Gasteiger partial charge in [0.1, 0.15) is 11.4 Å². The van der Waals surface area contributed by atoms with Gasteiger partial charge in [-0.1, -0.05) is 32.9 Å². The minimum atomic E-state index is -2.61. The molecule has 1 N–H and O–H groups in total. The third-order valence-corrected chi connectivity index (χ3v) is 6.42. The normalized spacial score (nSPS) is 20.2. The molecule has 2 fully saturated rings. The Kier molecular flexibility index (Phi) is 5.46. The molecule has 1 aliphatic carbocycles. The van der Waals surface area contributed by atoms with Gasteiger partial charge in [-0.25, -0.2) is 23.5 Å². The molecule has 176 valence electrons. The molecule has 1 saturated carbocycles. The van der Waals surface area contributed by atoms with Crippen molar-refractivity contribution in [2.45, 2.75) is 76.9 Å². The molecule has 2 heterocycles. The topological polar surface area (TPSA) is 65.5 Å². The van der Waals surface area contributed by atoms with E-state index in [2.05, 4.69) is 31.1 Å².